The molecule has 1 unspecified atom stereocenters. The highest BCUT2D eigenvalue weighted by Gasteiger charge is 2.10. The smallest absolute Gasteiger partial charge is 0.0460 e. The van der Waals surface area contributed by atoms with E-state index in [1.54, 1.807) is 0 Å². The maximum Gasteiger partial charge on any atom is 0.0460 e. The predicted octanol–water partition coefficient (Wildman–Crippen LogP) is 4.85. The third kappa shape index (κ3) is 5.65. The third-order valence-corrected chi connectivity index (χ3v) is 3.81. The van der Waals surface area contributed by atoms with Gasteiger partial charge in [-0.05, 0) is 43.0 Å². The van der Waals surface area contributed by atoms with Crippen LogP contribution in [0.5, 0.6) is 0 Å². The van der Waals surface area contributed by atoms with Gasteiger partial charge in [-0.25, -0.2) is 0 Å². The van der Waals surface area contributed by atoms with Crippen molar-refractivity contribution in [1.82, 2.24) is 5.43 Å². The molecular formula is C14H20Br2N2. The van der Waals surface area contributed by atoms with Gasteiger partial charge in [-0.1, -0.05) is 50.8 Å². The van der Waals surface area contributed by atoms with Gasteiger partial charge in [0.15, 0.2) is 0 Å². The molecule has 0 spiro atoms. The molecule has 1 aromatic carbocycles. The summed E-state index contributed by atoms with van der Waals surface area (Å²) in [6.07, 6.45) is 7.74. The van der Waals surface area contributed by atoms with Gasteiger partial charge in [-0.15, -0.1) is 6.58 Å². The molecule has 0 amide bonds. The Morgan fingerprint density at radius 3 is 2.39 bits per heavy atom. The van der Waals surface area contributed by atoms with Gasteiger partial charge in [0, 0.05) is 15.0 Å². The van der Waals surface area contributed by atoms with Gasteiger partial charge in [0.05, 0.1) is 0 Å². The Kier molecular flexibility index (Phi) is 7.82. The van der Waals surface area contributed by atoms with Crippen molar-refractivity contribution in [2.45, 2.75) is 38.1 Å². The second kappa shape index (κ2) is 8.86. The molecule has 0 saturated heterocycles. The average Bonchev–Trinajstić information content (AvgIpc) is 2.32. The molecule has 0 aliphatic rings. The van der Waals surface area contributed by atoms with Gasteiger partial charge in [-0.3, -0.25) is 11.3 Å². The number of halogens is 2. The van der Waals surface area contributed by atoms with Crippen LogP contribution < -0.4 is 11.3 Å². The van der Waals surface area contributed by atoms with Crippen LogP contribution in [0.3, 0.4) is 0 Å². The Hall–Kier alpha value is -0.160. The normalized spacial score (nSPS) is 12.4. The van der Waals surface area contributed by atoms with Crippen molar-refractivity contribution in [1.29, 1.82) is 0 Å². The quantitative estimate of drug-likeness (QED) is 0.295. The van der Waals surface area contributed by atoms with E-state index in [1.165, 1.54) is 24.8 Å². The maximum atomic E-state index is 5.65. The van der Waals surface area contributed by atoms with Crippen LogP contribution in [0.25, 0.3) is 0 Å². The summed E-state index contributed by atoms with van der Waals surface area (Å²) in [6, 6.07) is 6.46. The molecule has 2 nitrogen and oxygen atoms in total. The van der Waals surface area contributed by atoms with Gasteiger partial charge in [0.2, 0.25) is 0 Å². The van der Waals surface area contributed by atoms with E-state index >= 15 is 0 Å². The molecule has 4 heteroatoms. The minimum absolute atomic E-state index is 0.211. The number of unbranched alkanes of at least 4 members (excludes halogenated alkanes) is 3. The van der Waals surface area contributed by atoms with E-state index in [9.17, 15) is 0 Å². The fourth-order valence-electron chi connectivity index (χ4n) is 1.94. The Labute approximate surface area is 126 Å². The van der Waals surface area contributed by atoms with E-state index in [1.807, 2.05) is 12.1 Å². The van der Waals surface area contributed by atoms with Crippen LogP contribution in [0, 0.1) is 0 Å². The first-order valence-electron chi connectivity index (χ1n) is 6.20. The van der Waals surface area contributed by atoms with E-state index in [2.05, 4.69) is 56.0 Å². The van der Waals surface area contributed by atoms with Crippen LogP contribution in [0.2, 0.25) is 0 Å². The summed E-state index contributed by atoms with van der Waals surface area (Å²) in [5.41, 5.74) is 4.11. The molecule has 1 rings (SSSR count). The fourth-order valence-corrected chi connectivity index (χ4v) is 3.27. The predicted molar refractivity (Wildman–Crippen MR) is 85.2 cm³/mol. The van der Waals surface area contributed by atoms with Gasteiger partial charge in [-0.2, -0.15) is 0 Å². The van der Waals surface area contributed by atoms with Crippen LogP contribution in [-0.4, -0.2) is 0 Å². The van der Waals surface area contributed by atoms with Gasteiger partial charge >= 0.3 is 0 Å². The molecule has 0 aliphatic heterocycles. The van der Waals surface area contributed by atoms with E-state index in [0.717, 1.165) is 21.8 Å². The number of nitrogens with two attached hydrogens (primary N) is 1. The van der Waals surface area contributed by atoms with Crippen LogP contribution in [-0.2, 0) is 0 Å². The average molecular weight is 376 g/mol. The third-order valence-electron chi connectivity index (χ3n) is 2.89. The molecule has 0 aromatic heterocycles. The first-order chi connectivity index (χ1) is 8.67. The highest BCUT2D eigenvalue weighted by Crippen LogP contribution is 2.26. The largest absolute Gasteiger partial charge is 0.271 e. The highest BCUT2D eigenvalue weighted by atomic mass is 79.9. The Morgan fingerprint density at radius 2 is 1.83 bits per heavy atom. The van der Waals surface area contributed by atoms with Crippen molar-refractivity contribution >= 4 is 31.9 Å². The van der Waals surface area contributed by atoms with Gasteiger partial charge < -0.3 is 0 Å². The van der Waals surface area contributed by atoms with E-state index < -0.39 is 0 Å². The van der Waals surface area contributed by atoms with E-state index in [-0.39, 0.29) is 6.04 Å². The van der Waals surface area contributed by atoms with Crippen molar-refractivity contribution in [3.05, 3.63) is 45.4 Å². The molecule has 0 radical (unpaired) electrons. The molecule has 100 valence electrons. The highest BCUT2D eigenvalue weighted by molar-refractivity contribution is 9.11. The molecule has 0 bridgehead atoms. The first-order valence-corrected chi connectivity index (χ1v) is 7.79. The lowest BCUT2D eigenvalue weighted by molar-refractivity contribution is 0.483. The first kappa shape index (κ1) is 15.9. The number of rotatable bonds is 8. The summed E-state index contributed by atoms with van der Waals surface area (Å²) < 4.78 is 2.14. The zero-order chi connectivity index (χ0) is 13.4. The lowest BCUT2D eigenvalue weighted by Crippen LogP contribution is -2.28. The second-order valence-corrected chi connectivity index (χ2v) is 6.18. The lowest BCUT2D eigenvalue weighted by atomic mass is 10.0. The monoisotopic (exact) mass is 374 g/mol. The van der Waals surface area contributed by atoms with Crippen molar-refractivity contribution in [2.24, 2.45) is 5.84 Å². The summed E-state index contributed by atoms with van der Waals surface area (Å²) in [7, 11) is 0. The Morgan fingerprint density at radius 1 is 1.17 bits per heavy atom. The van der Waals surface area contributed by atoms with Crippen molar-refractivity contribution in [2.75, 3.05) is 0 Å². The molecule has 0 saturated carbocycles. The molecule has 3 N–H and O–H groups in total. The summed E-state index contributed by atoms with van der Waals surface area (Å²) in [5, 5.41) is 0. The van der Waals surface area contributed by atoms with Crippen LogP contribution >= 0.6 is 31.9 Å². The number of allylic oxidation sites excluding steroid dienone is 1. The standard InChI is InChI=1S/C14H20Br2N2/c1-2-3-4-5-6-7-14(18-17)11-8-12(15)10-13(16)9-11/h2,8-10,14,18H,1,3-7,17H2. The summed E-state index contributed by atoms with van der Waals surface area (Å²) >= 11 is 7.01. The van der Waals surface area contributed by atoms with Crippen molar-refractivity contribution in [3.63, 3.8) is 0 Å². The number of hydrogen-bond acceptors (Lipinski definition) is 2. The van der Waals surface area contributed by atoms with E-state index in [4.69, 9.17) is 5.84 Å². The number of nitrogens with one attached hydrogen (secondary N) is 1. The second-order valence-electron chi connectivity index (χ2n) is 4.35. The molecule has 18 heavy (non-hydrogen) atoms. The number of hydrogen-bond donors (Lipinski definition) is 2. The topological polar surface area (TPSA) is 38.0 Å². The molecule has 0 aliphatic carbocycles. The molecule has 1 aromatic rings. The maximum absolute atomic E-state index is 5.65. The van der Waals surface area contributed by atoms with Gasteiger partial charge in [0.25, 0.3) is 0 Å². The van der Waals surface area contributed by atoms with E-state index in [0.29, 0.717) is 0 Å². The van der Waals surface area contributed by atoms with Crippen LogP contribution in [0.4, 0.5) is 0 Å². The number of hydrazine groups is 1. The zero-order valence-corrected chi connectivity index (χ0v) is 13.6. The number of benzene rings is 1. The zero-order valence-electron chi connectivity index (χ0n) is 10.5. The minimum Gasteiger partial charge on any atom is -0.271 e. The summed E-state index contributed by atoms with van der Waals surface area (Å²) in [4.78, 5) is 0. The SMILES string of the molecule is C=CCCCCCC(NN)c1cc(Br)cc(Br)c1. The van der Waals surface area contributed by atoms with Crippen LogP contribution in [0.15, 0.2) is 39.8 Å². The Bertz CT molecular complexity index is 360. The minimum atomic E-state index is 0.211. The molecule has 0 fully saturated rings. The Balaban J connectivity index is 2.51. The lowest BCUT2D eigenvalue weighted by Gasteiger charge is -2.17. The molecule has 1 atom stereocenters. The van der Waals surface area contributed by atoms with Crippen LogP contribution in [0.1, 0.15) is 43.7 Å². The fraction of sp³-hybridized carbons (Fsp3) is 0.429. The molecule has 0 heterocycles. The van der Waals surface area contributed by atoms with Crippen molar-refractivity contribution < 1.29 is 0 Å². The summed E-state index contributed by atoms with van der Waals surface area (Å²) in [6.45, 7) is 3.73. The van der Waals surface area contributed by atoms with Gasteiger partial charge in [0.1, 0.15) is 0 Å². The molecular weight excluding hydrogens is 356 g/mol. The van der Waals surface area contributed by atoms with Crippen molar-refractivity contribution in [3.8, 4) is 0 Å². The summed E-state index contributed by atoms with van der Waals surface area (Å²) in [5.74, 6) is 5.65.